The zero-order chi connectivity index (χ0) is 18.9. The molecule has 4 N–H and O–H groups in total. The molecule has 0 saturated heterocycles. The molecule has 0 saturated carbocycles. The number of aromatic amines is 1. The van der Waals surface area contributed by atoms with E-state index in [0.29, 0.717) is 5.82 Å². The number of primary sulfonamides is 1. The van der Waals surface area contributed by atoms with Gasteiger partial charge in [-0.05, 0) is 36.2 Å². The van der Waals surface area contributed by atoms with Crippen molar-refractivity contribution in [1.29, 1.82) is 0 Å². The van der Waals surface area contributed by atoms with E-state index < -0.39 is 15.9 Å². The van der Waals surface area contributed by atoms with E-state index in [1.807, 2.05) is 38.1 Å². The molecule has 1 aromatic heterocycles. The summed E-state index contributed by atoms with van der Waals surface area (Å²) in [5.74, 6) is 0.327. The number of carbonyl (C=O) groups is 1. The van der Waals surface area contributed by atoms with E-state index in [4.69, 9.17) is 5.14 Å². The van der Waals surface area contributed by atoms with Gasteiger partial charge in [0.2, 0.25) is 10.0 Å². The normalized spacial score (nSPS) is 13.1. The largest absolute Gasteiger partial charge is 0.342 e. The highest BCUT2D eigenvalue weighted by atomic mass is 32.2. The van der Waals surface area contributed by atoms with Gasteiger partial charge in [-0.25, -0.2) is 18.5 Å². The van der Waals surface area contributed by atoms with Gasteiger partial charge in [-0.3, -0.25) is 4.79 Å². The summed E-state index contributed by atoms with van der Waals surface area (Å²) in [6, 6.07) is 12.9. The first-order valence-electron chi connectivity index (χ1n) is 8.14. The van der Waals surface area contributed by atoms with Crippen LogP contribution in [0.2, 0.25) is 0 Å². The number of para-hydroxylation sites is 2. The summed E-state index contributed by atoms with van der Waals surface area (Å²) in [6.45, 7) is 3.94. The SMILES string of the molecule is CC(C)C(NC(=O)c1cccc(S(N)(=O)=O)c1)c1nc2ccccc2[nH]1. The summed E-state index contributed by atoms with van der Waals surface area (Å²) in [5.41, 5.74) is 1.93. The fourth-order valence-electron chi connectivity index (χ4n) is 2.71. The third-order valence-corrected chi connectivity index (χ3v) is 4.99. The maximum Gasteiger partial charge on any atom is 0.251 e. The average molecular weight is 372 g/mol. The van der Waals surface area contributed by atoms with Gasteiger partial charge in [0.15, 0.2) is 0 Å². The number of H-pyrrole nitrogens is 1. The number of rotatable bonds is 5. The number of benzene rings is 2. The molecule has 0 fully saturated rings. The zero-order valence-electron chi connectivity index (χ0n) is 14.4. The van der Waals surface area contributed by atoms with Crippen LogP contribution in [0.4, 0.5) is 0 Å². The first-order valence-corrected chi connectivity index (χ1v) is 9.68. The quantitative estimate of drug-likeness (QED) is 0.637. The lowest BCUT2D eigenvalue weighted by Gasteiger charge is -2.20. The lowest BCUT2D eigenvalue weighted by atomic mass is 10.0. The van der Waals surface area contributed by atoms with E-state index in [2.05, 4.69) is 15.3 Å². The number of aromatic nitrogens is 2. The van der Waals surface area contributed by atoms with Crippen LogP contribution in [0.1, 0.15) is 36.1 Å². The van der Waals surface area contributed by atoms with Crippen LogP contribution in [0.25, 0.3) is 11.0 Å². The monoisotopic (exact) mass is 372 g/mol. The fourth-order valence-corrected chi connectivity index (χ4v) is 3.27. The summed E-state index contributed by atoms with van der Waals surface area (Å²) in [6.07, 6.45) is 0. The van der Waals surface area contributed by atoms with Crippen LogP contribution in [0, 0.1) is 5.92 Å². The fraction of sp³-hybridized carbons (Fsp3) is 0.222. The Kier molecular flexibility index (Phi) is 4.80. The molecule has 0 bridgehead atoms. The molecule has 1 unspecified atom stereocenters. The first kappa shape index (κ1) is 18.1. The minimum atomic E-state index is -3.87. The molecule has 3 rings (SSSR count). The Bertz CT molecular complexity index is 1020. The molecule has 26 heavy (non-hydrogen) atoms. The van der Waals surface area contributed by atoms with Gasteiger partial charge in [0.1, 0.15) is 5.82 Å². The van der Waals surface area contributed by atoms with Crippen molar-refractivity contribution in [3.8, 4) is 0 Å². The molecule has 0 aliphatic rings. The van der Waals surface area contributed by atoms with Crippen molar-refractivity contribution in [2.24, 2.45) is 11.1 Å². The molecule has 0 radical (unpaired) electrons. The number of nitrogens with zero attached hydrogens (tertiary/aromatic N) is 1. The van der Waals surface area contributed by atoms with Crippen LogP contribution in [0.3, 0.4) is 0 Å². The van der Waals surface area contributed by atoms with E-state index >= 15 is 0 Å². The molecular weight excluding hydrogens is 352 g/mol. The molecule has 1 atom stereocenters. The smallest absolute Gasteiger partial charge is 0.251 e. The van der Waals surface area contributed by atoms with Crippen molar-refractivity contribution in [2.45, 2.75) is 24.8 Å². The van der Waals surface area contributed by atoms with Crippen LogP contribution in [0.5, 0.6) is 0 Å². The molecule has 2 aromatic carbocycles. The van der Waals surface area contributed by atoms with Gasteiger partial charge in [-0.1, -0.05) is 32.0 Å². The second-order valence-corrected chi connectivity index (χ2v) is 7.97. The summed E-state index contributed by atoms with van der Waals surface area (Å²) in [4.78, 5) is 20.3. The van der Waals surface area contributed by atoms with Gasteiger partial charge >= 0.3 is 0 Å². The molecule has 0 aliphatic carbocycles. The van der Waals surface area contributed by atoms with Crippen molar-refractivity contribution in [1.82, 2.24) is 15.3 Å². The lowest BCUT2D eigenvalue weighted by molar-refractivity contribution is 0.0923. The molecular formula is C18H20N4O3S. The van der Waals surface area contributed by atoms with Crippen LogP contribution < -0.4 is 10.5 Å². The number of hydrogen-bond donors (Lipinski definition) is 3. The van der Waals surface area contributed by atoms with E-state index in [-0.39, 0.29) is 22.4 Å². The number of hydrogen-bond acceptors (Lipinski definition) is 4. The molecule has 136 valence electrons. The number of imidazole rings is 1. The van der Waals surface area contributed by atoms with Gasteiger partial charge in [0, 0.05) is 5.56 Å². The summed E-state index contributed by atoms with van der Waals surface area (Å²) in [5, 5.41) is 8.06. The highest BCUT2D eigenvalue weighted by molar-refractivity contribution is 7.89. The molecule has 7 nitrogen and oxygen atoms in total. The van der Waals surface area contributed by atoms with Crippen LogP contribution in [-0.4, -0.2) is 24.3 Å². The lowest BCUT2D eigenvalue weighted by Crippen LogP contribution is -2.32. The average Bonchev–Trinajstić information content (AvgIpc) is 3.02. The molecule has 0 spiro atoms. The number of fused-ring (bicyclic) bond motifs is 1. The number of carbonyl (C=O) groups excluding carboxylic acids is 1. The minimum Gasteiger partial charge on any atom is -0.342 e. The number of sulfonamides is 1. The summed E-state index contributed by atoms with van der Waals surface area (Å²) >= 11 is 0. The second-order valence-electron chi connectivity index (χ2n) is 6.41. The van der Waals surface area contributed by atoms with Crippen LogP contribution in [-0.2, 0) is 10.0 Å². The van der Waals surface area contributed by atoms with Gasteiger partial charge in [-0.15, -0.1) is 0 Å². The van der Waals surface area contributed by atoms with Crippen molar-refractivity contribution in [3.63, 3.8) is 0 Å². The Balaban J connectivity index is 1.90. The van der Waals surface area contributed by atoms with Crippen molar-refractivity contribution in [2.75, 3.05) is 0 Å². The summed E-state index contributed by atoms with van der Waals surface area (Å²) < 4.78 is 23.0. The Morgan fingerprint density at radius 2 is 1.88 bits per heavy atom. The van der Waals surface area contributed by atoms with E-state index in [9.17, 15) is 13.2 Å². The molecule has 8 heteroatoms. The third-order valence-electron chi connectivity index (χ3n) is 4.08. The third kappa shape index (κ3) is 3.76. The number of amides is 1. The maximum absolute atomic E-state index is 12.6. The molecule has 1 amide bonds. The van der Waals surface area contributed by atoms with Crippen molar-refractivity contribution >= 4 is 27.0 Å². The van der Waals surface area contributed by atoms with Gasteiger partial charge < -0.3 is 10.3 Å². The van der Waals surface area contributed by atoms with E-state index in [0.717, 1.165) is 11.0 Å². The Morgan fingerprint density at radius 1 is 1.15 bits per heavy atom. The first-order chi connectivity index (χ1) is 12.3. The van der Waals surface area contributed by atoms with Crippen molar-refractivity contribution in [3.05, 3.63) is 59.9 Å². The molecule has 0 aliphatic heterocycles. The van der Waals surface area contributed by atoms with Gasteiger partial charge in [-0.2, -0.15) is 0 Å². The van der Waals surface area contributed by atoms with Crippen LogP contribution >= 0.6 is 0 Å². The Labute approximate surface area is 151 Å². The van der Waals surface area contributed by atoms with E-state index in [1.165, 1.54) is 18.2 Å². The highest BCUT2D eigenvalue weighted by Crippen LogP contribution is 2.23. The van der Waals surface area contributed by atoms with Crippen LogP contribution in [0.15, 0.2) is 53.4 Å². The number of nitrogens with two attached hydrogens (primary N) is 1. The van der Waals surface area contributed by atoms with Gasteiger partial charge in [0.25, 0.3) is 5.91 Å². The highest BCUT2D eigenvalue weighted by Gasteiger charge is 2.23. The zero-order valence-corrected chi connectivity index (χ0v) is 15.2. The minimum absolute atomic E-state index is 0.0703. The standard InChI is InChI=1S/C18H20N4O3S/c1-11(2)16(17-20-14-8-3-4-9-15(14)21-17)22-18(23)12-6-5-7-13(10-12)26(19,24)25/h3-11,16H,1-2H3,(H,20,21)(H,22,23)(H2,19,24,25). The molecule has 1 heterocycles. The Morgan fingerprint density at radius 3 is 2.54 bits per heavy atom. The second kappa shape index (κ2) is 6.89. The summed E-state index contributed by atoms with van der Waals surface area (Å²) in [7, 11) is -3.87. The Hall–Kier alpha value is -2.71. The van der Waals surface area contributed by atoms with Gasteiger partial charge in [0.05, 0.1) is 22.0 Å². The predicted molar refractivity (Wildman–Crippen MR) is 99.0 cm³/mol. The molecule has 3 aromatic rings. The van der Waals surface area contributed by atoms with Crippen molar-refractivity contribution < 1.29 is 13.2 Å². The number of nitrogens with one attached hydrogen (secondary N) is 2. The maximum atomic E-state index is 12.6. The topological polar surface area (TPSA) is 118 Å². The van der Waals surface area contributed by atoms with E-state index in [1.54, 1.807) is 6.07 Å². The predicted octanol–water partition coefficient (Wildman–Crippen LogP) is 2.34.